The van der Waals surface area contributed by atoms with Crippen LogP contribution in [-0.4, -0.2) is 34.3 Å². The van der Waals surface area contributed by atoms with Gasteiger partial charge in [0.2, 0.25) is 0 Å². The molecule has 5 nitrogen and oxygen atoms in total. The molecule has 0 fully saturated rings. The van der Waals surface area contributed by atoms with E-state index in [1.54, 1.807) is 7.05 Å². The molecule has 1 aromatic rings. The number of carbonyl (C=O) groups excluding carboxylic acids is 1. The summed E-state index contributed by atoms with van der Waals surface area (Å²) in [5.74, 6) is -0.498. The first-order valence-electron chi connectivity index (χ1n) is 9.35. The predicted molar refractivity (Wildman–Crippen MR) is 105 cm³/mol. The summed E-state index contributed by atoms with van der Waals surface area (Å²) in [6.45, 7) is 6.49. The number of aryl methyl sites for hydroxylation is 1. The molecule has 0 radical (unpaired) electrons. The normalized spacial score (nSPS) is 11.6. The molecular formula is C18H31ClN2O3Sn. The molecule has 142 valence electrons. The van der Waals surface area contributed by atoms with Crippen molar-refractivity contribution in [3.8, 4) is 0 Å². The van der Waals surface area contributed by atoms with Crippen LogP contribution >= 0.6 is 11.6 Å². The maximum absolute atomic E-state index is 12.8. The summed E-state index contributed by atoms with van der Waals surface area (Å²) in [7, 11) is 1.56. The van der Waals surface area contributed by atoms with Crippen molar-refractivity contribution in [1.29, 1.82) is 0 Å². The van der Waals surface area contributed by atoms with E-state index in [0.29, 0.717) is 0 Å². The van der Waals surface area contributed by atoms with Gasteiger partial charge in [0.15, 0.2) is 0 Å². The molecule has 25 heavy (non-hydrogen) atoms. The van der Waals surface area contributed by atoms with Crippen LogP contribution in [-0.2, 0) is 10.1 Å². The van der Waals surface area contributed by atoms with E-state index in [2.05, 4.69) is 25.8 Å². The van der Waals surface area contributed by atoms with E-state index in [1.165, 1.54) is 10.8 Å². The Morgan fingerprint density at radius 1 is 1.12 bits per heavy atom. The molecule has 0 aliphatic carbocycles. The summed E-state index contributed by atoms with van der Waals surface area (Å²) in [5, 5.41) is 0.175. The number of carbonyl (C=O) groups is 1. The zero-order chi connectivity index (χ0) is 18.9. The molecule has 0 aliphatic rings. The van der Waals surface area contributed by atoms with Crippen LogP contribution in [0.3, 0.4) is 0 Å². The predicted octanol–water partition coefficient (Wildman–Crippen LogP) is 4.94. The topological polar surface area (TPSA) is 61.2 Å². The van der Waals surface area contributed by atoms with Crippen molar-refractivity contribution in [2.45, 2.75) is 72.6 Å². The average molecular weight is 478 g/mol. The van der Waals surface area contributed by atoms with E-state index in [9.17, 15) is 9.59 Å². The van der Waals surface area contributed by atoms with Gasteiger partial charge in [0.25, 0.3) is 0 Å². The molecule has 0 bridgehead atoms. The van der Waals surface area contributed by atoms with E-state index in [1.807, 2.05) is 0 Å². The second-order valence-electron chi connectivity index (χ2n) is 6.71. The third-order valence-corrected chi connectivity index (χ3v) is 17.4. The van der Waals surface area contributed by atoms with Gasteiger partial charge in [0.05, 0.1) is 0 Å². The molecule has 0 amide bonds. The Morgan fingerprint density at radius 3 is 2.04 bits per heavy atom. The average Bonchev–Trinajstić information content (AvgIpc) is 2.59. The zero-order valence-corrected chi connectivity index (χ0v) is 19.5. The summed E-state index contributed by atoms with van der Waals surface area (Å²) in [6.07, 6.45) is 7.99. The van der Waals surface area contributed by atoms with Crippen LogP contribution in [0.15, 0.2) is 11.0 Å². The maximum atomic E-state index is 12.8. The van der Waals surface area contributed by atoms with Gasteiger partial charge < -0.3 is 0 Å². The first-order valence-corrected chi connectivity index (χ1v) is 16.9. The van der Waals surface area contributed by atoms with Crippen molar-refractivity contribution in [2.75, 3.05) is 0 Å². The molecular weight excluding hydrogens is 446 g/mol. The fourth-order valence-electron chi connectivity index (χ4n) is 2.93. The third kappa shape index (κ3) is 6.93. The van der Waals surface area contributed by atoms with Gasteiger partial charge in [-0.15, -0.1) is 0 Å². The minimum absolute atomic E-state index is 0.0321. The van der Waals surface area contributed by atoms with E-state index in [0.717, 1.165) is 51.8 Å². The number of rotatable bonds is 11. The zero-order valence-electron chi connectivity index (χ0n) is 15.9. The molecule has 7 heteroatoms. The van der Waals surface area contributed by atoms with Crippen molar-refractivity contribution in [3.05, 3.63) is 27.4 Å². The van der Waals surface area contributed by atoms with Crippen LogP contribution in [0.25, 0.3) is 0 Å². The Morgan fingerprint density at radius 2 is 1.60 bits per heavy atom. The number of hydrogen-bond donors (Lipinski definition) is 0. The molecule has 0 unspecified atom stereocenters. The van der Waals surface area contributed by atoms with Gasteiger partial charge in [-0.3, -0.25) is 0 Å². The second-order valence-corrected chi connectivity index (χ2v) is 18.7. The van der Waals surface area contributed by atoms with Gasteiger partial charge in [0.1, 0.15) is 0 Å². The van der Waals surface area contributed by atoms with Crippen LogP contribution < -0.4 is 5.69 Å². The van der Waals surface area contributed by atoms with Crippen LogP contribution in [0.5, 0.6) is 0 Å². The molecule has 0 aromatic carbocycles. The van der Waals surface area contributed by atoms with Gasteiger partial charge >= 0.3 is 161 Å². The minimum atomic E-state index is -3.10. The van der Waals surface area contributed by atoms with Crippen molar-refractivity contribution < 1.29 is 7.87 Å². The molecule has 0 N–H and O–H groups in total. The van der Waals surface area contributed by atoms with Gasteiger partial charge in [-0.2, -0.15) is 0 Å². The van der Waals surface area contributed by atoms with E-state index < -0.39 is 30.5 Å². The Bertz CT molecular complexity index is 597. The van der Waals surface area contributed by atoms with Gasteiger partial charge in [0, 0.05) is 0 Å². The molecule has 0 saturated carbocycles. The van der Waals surface area contributed by atoms with Gasteiger partial charge in [-0.05, 0) is 0 Å². The summed E-state index contributed by atoms with van der Waals surface area (Å²) < 4.78 is 10.6. The number of hydrogen-bond acceptors (Lipinski definition) is 4. The van der Waals surface area contributed by atoms with Crippen LogP contribution in [0.4, 0.5) is 0 Å². The second kappa shape index (κ2) is 11.2. The summed E-state index contributed by atoms with van der Waals surface area (Å²) >= 11 is 3.04. The SMILES string of the molecule is CCC[CH2][Sn]([CH2]CCC)([CH2]CCC)[O]C(=O)c1nc(=O)n(C)cc1Cl. The fourth-order valence-corrected chi connectivity index (χ4v) is 16.2. The molecule has 0 aliphatic heterocycles. The number of unbranched alkanes of at least 4 members (excludes halogenated alkanes) is 3. The molecule has 1 rings (SSSR count). The summed E-state index contributed by atoms with van der Waals surface area (Å²) in [6, 6.07) is 0. The Balaban J connectivity index is 3.10. The van der Waals surface area contributed by atoms with E-state index >= 15 is 0 Å². The first kappa shape index (κ1) is 22.5. The summed E-state index contributed by atoms with van der Waals surface area (Å²) in [5.41, 5.74) is -0.525. The number of nitrogens with zero attached hydrogens (tertiary/aromatic N) is 2. The molecule has 0 saturated heterocycles. The van der Waals surface area contributed by atoms with Crippen molar-refractivity contribution in [3.63, 3.8) is 0 Å². The Labute approximate surface area is 160 Å². The molecule has 0 atom stereocenters. The van der Waals surface area contributed by atoms with Crippen LogP contribution in [0, 0.1) is 0 Å². The molecule has 1 aromatic heterocycles. The Kier molecular flexibility index (Phi) is 10.1. The standard InChI is InChI=1S/C6H5ClN2O3.3C4H9.Sn/c1-9-2-3(7)4(5(10)11)8-6(9)12;3*1-3-4-2;/h2H,1H3,(H,10,11);3*1,3-4H2,2H3;/q;;;;+1/p-1. The molecule has 1 heterocycles. The molecule has 0 spiro atoms. The van der Waals surface area contributed by atoms with Crippen molar-refractivity contribution in [2.24, 2.45) is 7.05 Å². The summed E-state index contributed by atoms with van der Waals surface area (Å²) in [4.78, 5) is 28.4. The van der Waals surface area contributed by atoms with Crippen molar-refractivity contribution >= 4 is 36.4 Å². The third-order valence-electron chi connectivity index (χ3n) is 4.50. The van der Waals surface area contributed by atoms with E-state index in [4.69, 9.17) is 14.7 Å². The van der Waals surface area contributed by atoms with Gasteiger partial charge in [-0.1, -0.05) is 0 Å². The van der Waals surface area contributed by atoms with Crippen LogP contribution in [0.2, 0.25) is 18.3 Å². The fraction of sp³-hybridized carbons (Fsp3) is 0.722. The quantitative estimate of drug-likeness (QED) is 0.424. The Hall–Kier alpha value is -0.561. The van der Waals surface area contributed by atoms with Gasteiger partial charge in [-0.25, -0.2) is 0 Å². The van der Waals surface area contributed by atoms with Crippen LogP contribution in [0.1, 0.15) is 69.8 Å². The number of halogens is 1. The first-order chi connectivity index (χ1) is 11.9. The number of aromatic nitrogens is 2. The van der Waals surface area contributed by atoms with Crippen molar-refractivity contribution in [1.82, 2.24) is 9.55 Å². The monoisotopic (exact) mass is 478 g/mol. The van der Waals surface area contributed by atoms with E-state index in [-0.39, 0.29) is 10.7 Å².